The molecule has 2 nitrogen and oxygen atoms in total. The average Bonchev–Trinajstić information content (AvgIpc) is 2.11. The Kier molecular flexibility index (Phi) is 3.62. The Balaban J connectivity index is 3.27. The molecule has 0 bridgehead atoms. The largest absolute Gasteiger partial charge is 0.281 e. The highest BCUT2D eigenvalue weighted by molar-refractivity contribution is 6.36. The molecule has 1 aromatic rings. The predicted octanol–water partition coefficient (Wildman–Crippen LogP) is 3.39. The molecular weight excluding hydrogens is 233 g/mol. The average molecular weight is 237 g/mol. The van der Waals surface area contributed by atoms with E-state index in [1.54, 1.807) is 6.07 Å². The number of pyridine rings is 1. The van der Waals surface area contributed by atoms with E-state index in [4.69, 9.17) is 28.5 Å². The Labute approximate surface area is 89.1 Å². The molecule has 0 saturated carbocycles. The minimum Gasteiger partial charge on any atom is -0.252 e. The summed E-state index contributed by atoms with van der Waals surface area (Å²) in [4.78, 5) is 3.40. The van der Waals surface area contributed by atoms with Crippen LogP contribution in [0.5, 0.6) is 0 Å². The van der Waals surface area contributed by atoms with E-state index in [-0.39, 0.29) is 22.0 Å². The molecule has 0 radical (unpaired) electrons. The van der Waals surface area contributed by atoms with E-state index in [9.17, 15) is 8.78 Å². The van der Waals surface area contributed by atoms with E-state index in [1.807, 2.05) is 0 Å². The van der Waals surface area contributed by atoms with Crippen LogP contribution in [0.2, 0.25) is 10.0 Å². The minimum absolute atomic E-state index is 0.111. The molecule has 14 heavy (non-hydrogen) atoms. The lowest BCUT2D eigenvalue weighted by molar-refractivity contribution is 0.146. The summed E-state index contributed by atoms with van der Waals surface area (Å²) in [6.45, 7) is 0. The first-order chi connectivity index (χ1) is 6.57. The first kappa shape index (κ1) is 11.2. The van der Waals surface area contributed by atoms with Crippen molar-refractivity contribution in [1.82, 2.24) is 4.98 Å². The summed E-state index contributed by atoms with van der Waals surface area (Å²) in [6, 6.07) is 1.79. The highest BCUT2D eigenvalue weighted by Crippen LogP contribution is 2.31. The van der Waals surface area contributed by atoms with Crippen LogP contribution in [0, 0.1) is 11.3 Å². The van der Waals surface area contributed by atoms with E-state index < -0.39 is 12.1 Å². The van der Waals surface area contributed by atoms with Gasteiger partial charge in [-0.2, -0.15) is 5.26 Å². The van der Waals surface area contributed by atoms with Gasteiger partial charge >= 0.3 is 0 Å². The third kappa shape index (κ3) is 2.11. The van der Waals surface area contributed by atoms with Gasteiger partial charge in [0.1, 0.15) is 5.69 Å². The number of nitrogens with zero attached hydrogens (tertiary/aromatic N) is 2. The number of alkyl halides is 2. The molecule has 0 aromatic carbocycles. The van der Waals surface area contributed by atoms with Crippen molar-refractivity contribution in [3.05, 3.63) is 27.5 Å². The molecule has 0 N–H and O–H groups in total. The Morgan fingerprint density at radius 1 is 1.50 bits per heavy atom. The van der Waals surface area contributed by atoms with Gasteiger partial charge in [-0.15, -0.1) is 0 Å². The fraction of sp³-hybridized carbons (Fsp3) is 0.250. The SMILES string of the molecule is N#CCc1c(Cl)cnc(C(F)F)c1Cl. The van der Waals surface area contributed by atoms with Crippen LogP contribution in [-0.2, 0) is 6.42 Å². The third-order valence-electron chi connectivity index (χ3n) is 1.56. The molecule has 0 aliphatic rings. The van der Waals surface area contributed by atoms with Gasteiger partial charge in [-0.3, -0.25) is 4.98 Å². The topological polar surface area (TPSA) is 36.7 Å². The molecular formula is C8H4Cl2F2N2. The maximum atomic E-state index is 12.3. The Hall–Kier alpha value is -0.920. The van der Waals surface area contributed by atoms with E-state index >= 15 is 0 Å². The number of aromatic nitrogens is 1. The molecule has 0 aliphatic carbocycles. The number of hydrogen-bond acceptors (Lipinski definition) is 2. The maximum Gasteiger partial charge on any atom is 0.281 e. The van der Waals surface area contributed by atoms with Gasteiger partial charge in [0.15, 0.2) is 0 Å². The number of halogens is 4. The van der Waals surface area contributed by atoms with Gasteiger partial charge in [0.25, 0.3) is 6.43 Å². The smallest absolute Gasteiger partial charge is 0.252 e. The van der Waals surface area contributed by atoms with Crippen molar-refractivity contribution < 1.29 is 8.78 Å². The van der Waals surface area contributed by atoms with Crippen LogP contribution in [0.25, 0.3) is 0 Å². The molecule has 1 rings (SSSR count). The fourth-order valence-corrected chi connectivity index (χ4v) is 1.47. The first-order valence-electron chi connectivity index (χ1n) is 3.55. The van der Waals surface area contributed by atoms with E-state index in [1.165, 1.54) is 0 Å². The molecule has 1 heterocycles. The van der Waals surface area contributed by atoms with Crippen LogP contribution in [0.15, 0.2) is 6.20 Å². The summed E-state index contributed by atoms with van der Waals surface area (Å²) in [5.74, 6) is 0. The number of nitriles is 1. The Bertz CT molecular complexity index is 388. The van der Waals surface area contributed by atoms with Gasteiger partial charge in [0.2, 0.25) is 0 Å². The van der Waals surface area contributed by atoms with Crippen molar-refractivity contribution in [3.63, 3.8) is 0 Å². The van der Waals surface area contributed by atoms with Crippen LogP contribution in [0.3, 0.4) is 0 Å². The molecule has 0 amide bonds. The Morgan fingerprint density at radius 3 is 2.64 bits per heavy atom. The van der Waals surface area contributed by atoms with Crippen molar-refractivity contribution in [1.29, 1.82) is 5.26 Å². The predicted molar refractivity (Wildman–Crippen MR) is 48.5 cm³/mol. The molecule has 0 aliphatic heterocycles. The normalized spacial score (nSPS) is 10.3. The number of rotatable bonds is 2. The van der Waals surface area contributed by atoms with Crippen LogP contribution < -0.4 is 0 Å². The summed E-state index contributed by atoms with van der Waals surface area (Å²) in [5.41, 5.74) is -0.345. The summed E-state index contributed by atoms with van der Waals surface area (Å²) < 4.78 is 24.6. The molecule has 0 saturated heterocycles. The van der Waals surface area contributed by atoms with Crippen molar-refractivity contribution in [2.45, 2.75) is 12.8 Å². The fourth-order valence-electron chi connectivity index (χ4n) is 0.913. The van der Waals surface area contributed by atoms with Gasteiger partial charge in [0, 0.05) is 11.8 Å². The quantitative estimate of drug-likeness (QED) is 0.790. The molecule has 0 atom stereocenters. The van der Waals surface area contributed by atoms with E-state index in [2.05, 4.69) is 4.98 Å². The van der Waals surface area contributed by atoms with Crippen LogP contribution in [-0.4, -0.2) is 4.98 Å². The second kappa shape index (κ2) is 4.54. The zero-order valence-corrected chi connectivity index (χ0v) is 8.28. The molecule has 0 unspecified atom stereocenters. The van der Waals surface area contributed by atoms with Crippen LogP contribution >= 0.6 is 23.2 Å². The maximum absolute atomic E-state index is 12.3. The van der Waals surface area contributed by atoms with Crippen molar-refractivity contribution >= 4 is 23.2 Å². The molecule has 0 fully saturated rings. The van der Waals surface area contributed by atoms with Crippen LogP contribution in [0.4, 0.5) is 8.78 Å². The van der Waals surface area contributed by atoms with E-state index in [0.717, 1.165) is 6.20 Å². The summed E-state index contributed by atoms with van der Waals surface area (Å²) in [5, 5.41) is 8.32. The van der Waals surface area contributed by atoms with Crippen molar-refractivity contribution in [2.24, 2.45) is 0 Å². The van der Waals surface area contributed by atoms with Crippen molar-refractivity contribution in [2.75, 3.05) is 0 Å². The zero-order chi connectivity index (χ0) is 10.7. The van der Waals surface area contributed by atoms with Gasteiger partial charge in [-0.25, -0.2) is 8.78 Å². The van der Waals surface area contributed by atoms with Crippen LogP contribution in [0.1, 0.15) is 17.7 Å². The Morgan fingerprint density at radius 2 is 2.14 bits per heavy atom. The lowest BCUT2D eigenvalue weighted by Gasteiger charge is -2.06. The lowest BCUT2D eigenvalue weighted by atomic mass is 10.2. The second-order valence-corrected chi connectivity index (χ2v) is 3.20. The molecule has 74 valence electrons. The third-order valence-corrected chi connectivity index (χ3v) is 2.31. The van der Waals surface area contributed by atoms with Gasteiger partial charge in [-0.1, -0.05) is 23.2 Å². The highest BCUT2D eigenvalue weighted by atomic mass is 35.5. The lowest BCUT2D eigenvalue weighted by Crippen LogP contribution is -1.97. The molecule has 1 aromatic heterocycles. The monoisotopic (exact) mass is 236 g/mol. The van der Waals surface area contributed by atoms with Gasteiger partial charge in [0.05, 0.1) is 22.5 Å². The number of hydrogen-bond donors (Lipinski definition) is 0. The standard InChI is InChI=1S/C8H4Cl2F2N2/c9-5-3-14-7(8(11)12)6(10)4(5)1-2-13/h3,8H,1H2. The van der Waals surface area contributed by atoms with Crippen molar-refractivity contribution in [3.8, 4) is 6.07 Å². The first-order valence-corrected chi connectivity index (χ1v) is 4.31. The minimum atomic E-state index is -2.77. The summed E-state index contributed by atoms with van der Waals surface area (Å²) in [7, 11) is 0. The second-order valence-electron chi connectivity index (χ2n) is 2.42. The zero-order valence-electron chi connectivity index (χ0n) is 6.77. The highest BCUT2D eigenvalue weighted by Gasteiger charge is 2.18. The van der Waals surface area contributed by atoms with Gasteiger partial charge in [-0.05, 0) is 0 Å². The van der Waals surface area contributed by atoms with E-state index in [0.29, 0.717) is 0 Å². The molecule has 6 heteroatoms. The van der Waals surface area contributed by atoms with Gasteiger partial charge < -0.3 is 0 Å². The summed E-state index contributed by atoms with van der Waals surface area (Å²) in [6.07, 6.45) is -1.81. The summed E-state index contributed by atoms with van der Waals surface area (Å²) >= 11 is 11.3. The molecule has 0 spiro atoms.